The molecule has 21 heavy (non-hydrogen) atoms. The van der Waals surface area contributed by atoms with Gasteiger partial charge in [-0.2, -0.15) is 0 Å². The van der Waals surface area contributed by atoms with Crippen LogP contribution in [-0.4, -0.2) is 47.6 Å². The van der Waals surface area contributed by atoms with Crippen LogP contribution in [0, 0.1) is 5.92 Å². The van der Waals surface area contributed by atoms with Gasteiger partial charge in [-0.25, -0.2) is 0 Å². The van der Waals surface area contributed by atoms with Crippen molar-refractivity contribution in [3.05, 3.63) is 0 Å². The van der Waals surface area contributed by atoms with Crippen molar-refractivity contribution in [2.75, 3.05) is 19.8 Å². The van der Waals surface area contributed by atoms with Crippen LogP contribution in [0.25, 0.3) is 0 Å². The molecule has 0 aromatic carbocycles. The van der Waals surface area contributed by atoms with Crippen LogP contribution in [-0.2, 0) is 14.3 Å². The summed E-state index contributed by atoms with van der Waals surface area (Å²) in [6.45, 7) is 9.75. The zero-order valence-electron chi connectivity index (χ0n) is 13.7. The second-order valence-corrected chi connectivity index (χ2v) is 6.79. The van der Waals surface area contributed by atoms with Crippen molar-refractivity contribution in [3.8, 4) is 0 Å². The van der Waals surface area contributed by atoms with Crippen LogP contribution in [0.15, 0.2) is 0 Å². The number of carbonyl (C=O) groups excluding carboxylic acids is 2. The van der Waals surface area contributed by atoms with E-state index in [0.29, 0.717) is 25.3 Å². The third-order valence-corrected chi connectivity index (χ3v) is 5.10. The van der Waals surface area contributed by atoms with E-state index in [1.807, 2.05) is 18.7 Å². The molecule has 120 valence electrons. The predicted octanol–water partition coefficient (Wildman–Crippen LogP) is 1.71. The van der Waals surface area contributed by atoms with Gasteiger partial charge in [0.15, 0.2) is 0 Å². The molecule has 5 nitrogen and oxygen atoms in total. The van der Waals surface area contributed by atoms with Gasteiger partial charge in [-0.15, -0.1) is 0 Å². The van der Waals surface area contributed by atoms with E-state index in [4.69, 9.17) is 4.74 Å². The molecular weight excluding hydrogens is 268 g/mol. The standard InChI is InChI=1S/C16H28N2O3/c1-5-16(6-2)13(19)17-15(3,4)14(20)18(16)11-12-7-9-21-10-8-12/h12H,5-11H2,1-4H3,(H,17,19). The summed E-state index contributed by atoms with van der Waals surface area (Å²) in [6.07, 6.45) is 3.24. The highest BCUT2D eigenvalue weighted by atomic mass is 16.5. The van der Waals surface area contributed by atoms with E-state index in [1.54, 1.807) is 13.8 Å². The lowest BCUT2D eigenvalue weighted by Crippen LogP contribution is -2.74. The number of carbonyl (C=O) groups is 2. The Balaban J connectivity index is 2.28. The van der Waals surface area contributed by atoms with E-state index in [2.05, 4.69) is 5.32 Å². The Labute approximate surface area is 127 Å². The minimum Gasteiger partial charge on any atom is -0.381 e. The Bertz CT molecular complexity index is 410. The van der Waals surface area contributed by atoms with Crippen LogP contribution in [0.4, 0.5) is 0 Å². The number of hydrogen-bond acceptors (Lipinski definition) is 3. The average Bonchev–Trinajstić information content (AvgIpc) is 2.46. The van der Waals surface area contributed by atoms with Gasteiger partial charge in [-0.3, -0.25) is 9.59 Å². The quantitative estimate of drug-likeness (QED) is 0.859. The molecule has 2 heterocycles. The third kappa shape index (κ3) is 2.80. The lowest BCUT2D eigenvalue weighted by Gasteiger charge is -2.51. The maximum absolute atomic E-state index is 12.9. The molecule has 0 bridgehead atoms. The normalized spacial score (nSPS) is 25.8. The molecule has 2 saturated heterocycles. The van der Waals surface area contributed by atoms with Crippen LogP contribution in [0.5, 0.6) is 0 Å². The van der Waals surface area contributed by atoms with Gasteiger partial charge >= 0.3 is 0 Å². The maximum Gasteiger partial charge on any atom is 0.248 e. The Hall–Kier alpha value is -1.10. The van der Waals surface area contributed by atoms with Crippen LogP contribution >= 0.6 is 0 Å². The number of nitrogens with one attached hydrogen (secondary N) is 1. The van der Waals surface area contributed by atoms with E-state index in [0.717, 1.165) is 26.1 Å². The van der Waals surface area contributed by atoms with E-state index >= 15 is 0 Å². The second kappa shape index (κ2) is 5.95. The van der Waals surface area contributed by atoms with Crippen molar-refractivity contribution in [1.29, 1.82) is 0 Å². The molecule has 0 aromatic heterocycles. The summed E-state index contributed by atoms with van der Waals surface area (Å²) >= 11 is 0. The number of rotatable bonds is 4. The largest absolute Gasteiger partial charge is 0.381 e. The van der Waals surface area contributed by atoms with Gasteiger partial charge in [0.25, 0.3) is 0 Å². The van der Waals surface area contributed by atoms with Gasteiger partial charge in [0.2, 0.25) is 11.8 Å². The Kier molecular flexibility index (Phi) is 4.61. The number of amides is 2. The minimum atomic E-state index is -0.809. The molecule has 2 amide bonds. The highest BCUT2D eigenvalue weighted by molar-refractivity contribution is 6.01. The summed E-state index contributed by atoms with van der Waals surface area (Å²) in [7, 11) is 0. The number of nitrogens with zero attached hydrogens (tertiary/aromatic N) is 1. The molecule has 5 heteroatoms. The average molecular weight is 296 g/mol. The van der Waals surface area contributed by atoms with Crippen molar-refractivity contribution in [2.24, 2.45) is 5.92 Å². The van der Waals surface area contributed by atoms with Gasteiger partial charge in [0.1, 0.15) is 11.1 Å². The summed E-state index contributed by atoms with van der Waals surface area (Å²) in [5.74, 6) is 0.461. The highest BCUT2D eigenvalue weighted by Crippen LogP contribution is 2.34. The lowest BCUT2D eigenvalue weighted by atomic mass is 9.81. The molecule has 2 aliphatic rings. The molecule has 0 aromatic rings. The van der Waals surface area contributed by atoms with Crippen LogP contribution in [0.2, 0.25) is 0 Å². The zero-order valence-corrected chi connectivity index (χ0v) is 13.7. The molecule has 2 fully saturated rings. The summed E-state index contributed by atoms with van der Waals surface area (Å²) in [6, 6.07) is 0. The van der Waals surface area contributed by atoms with Gasteiger partial charge < -0.3 is 15.0 Å². The van der Waals surface area contributed by atoms with E-state index in [1.165, 1.54) is 0 Å². The van der Waals surface area contributed by atoms with E-state index in [9.17, 15) is 9.59 Å². The smallest absolute Gasteiger partial charge is 0.248 e. The van der Waals surface area contributed by atoms with E-state index < -0.39 is 11.1 Å². The Morgan fingerprint density at radius 3 is 2.29 bits per heavy atom. The SMILES string of the molecule is CCC1(CC)C(=O)NC(C)(C)C(=O)N1CC1CCOCC1. The summed E-state index contributed by atoms with van der Waals surface area (Å²) in [4.78, 5) is 27.4. The van der Waals surface area contributed by atoms with Crippen molar-refractivity contribution in [1.82, 2.24) is 10.2 Å². The first-order chi connectivity index (χ1) is 9.87. The van der Waals surface area contributed by atoms with E-state index in [-0.39, 0.29) is 11.8 Å². The van der Waals surface area contributed by atoms with Gasteiger partial charge in [0.05, 0.1) is 0 Å². The summed E-state index contributed by atoms with van der Waals surface area (Å²) in [5, 5.41) is 2.91. The molecule has 0 aliphatic carbocycles. The first kappa shape index (κ1) is 16.3. The third-order valence-electron chi connectivity index (χ3n) is 5.10. The van der Waals surface area contributed by atoms with Crippen molar-refractivity contribution >= 4 is 11.8 Å². The summed E-state index contributed by atoms with van der Waals surface area (Å²) in [5.41, 5.74) is -1.50. The molecule has 0 saturated carbocycles. The number of hydrogen-bond donors (Lipinski definition) is 1. The molecule has 0 atom stereocenters. The molecule has 1 N–H and O–H groups in total. The Morgan fingerprint density at radius 1 is 1.19 bits per heavy atom. The Morgan fingerprint density at radius 2 is 1.76 bits per heavy atom. The van der Waals surface area contributed by atoms with Crippen LogP contribution < -0.4 is 5.32 Å². The fourth-order valence-electron chi connectivity index (χ4n) is 3.51. The fraction of sp³-hybridized carbons (Fsp3) is 0.875. The second-order valence-electron chi connectivity index (χ2n) is 6.79. The molecule has 2 aliphatic heterocycles. The van der Waals surface area contributed by atoms with Crippen LogP contribution in [0.1, 0.15) is 53.4 Å². The van der Waals surface area contributed by atoms with Crippen molar-refractivity contribution < 1.29 is 14.3 Å². The summed E-state index contributed by atoms with van der Waals surface area (Å²) < 4.78 is 5.40. The zero-order chi connectivity index (χ0) is 15.7. The number of ether oxygens (including phenoxy) is 1. The first-order valence-corrected chi connectivity index (χ1v) is 8.10. The predicted molar refractivity (Wildman–Crippen MR) is 80.8 cm³/mol. The first-order valence-electron chi connectivity index (χ1n) is 8.10. The number of piperazine rings is 1. The van der Waals surface area contributed by atoms with Gasteiger partial charge in [0, 0.05) is 19.8 Å². The molecule has 0 radical (unpaired) electrons. The molecular formula is C16H28N2O3. The van der Waals surface area contributed by atoms with Crippen molar-refractivity contribution in [3.63, 3.8) is 0 Å². The van der Waals surface area contributed by atoms with Gasteiger partial charge in [-0.05, 0) is 45.4 Å². The molecule has 0 unspecified atom stereocenters. The molecule has 2 rings (SSSR count). The van der Waals surface area contributed by atoms with Gasteiger partial charge in [-0.1, -0.05) is 13.8 Å². The highest BCUT2D eigenvalue weighted by Gasteiger charge is 2.53. The molecule has 0 spiro atoms. The topological polar surface area (TPSA) is 58.6 Å². The lowest BCUT2D eigenvalue weighted by molar-refractivity contribution is -0.164. The fourth-order valence-corrected chi connectivity index (χ4v) is 3.51. The monoisotopic (exact) mass is 296 g/mol. The minimum absolute atomic E-state index is 0.0100. The van der Waals surface area contributed by atoms with Crippen molar-refractivity contribution in [2.45, 2.75) is 64.5 Å². The maximum atomic E-state index is 12.9. The van der Waals surface area contributed by atoms with Crippen LogP contribution in [0.3, 0.4) is 0 Å².